The lowest BCUT2D eigenvalue weighted by molar-refractivity contribution is 0.798. The molecule has 0 unspecified atom stereocenters. The summed E-state index contributed by atoms with van der Waals surface area (Å²) in [6.45, 7) is 2.96. The zero-order valence-corrected chi connectivity index (χ0v) is 13.8. The van der Waals surface area contributed by atoms with Crippen LogP contribution in [0.4, 0.5) is 11.4 Å². The number of halogens is 1. The van der Waals surface area contributed by atoms with E-state index >= 15 is 0 Å². The van der Waals surface area contributed by atoms with E-state index in [0.29, 0.717) is 21.7 Å². The van der Waals surface area contributed by atoms with Gasteiger partial charge in [-0.2, -0.15) is 0 Å². The number of anilines is 2. The fourth-order valence-electron chi connectivity index (χ4n) is 3.03. The van der Waals surface area contributed by atoms with Crippen molar-refractivity contribution in [2.75, 3.05) is 5.32 Å². The molecule has 0 bridgehead atoms. The number of para-hydroxylation sites is 1. The number of aryl methyl sites for hydroxylation is 1. The molecule has 0 amide bonds. The van der Waals surface area contributed by atoms with Crippen LogP contribution < -0.4 is 10.9 Å². The monoisotopic (exact) mass is 338 g/mol. The molecule has 0 fully saturated rings. The van der Waals surface area contributed by atoms with Crippen molar-refractivity contribution in [3.8, 4) is 0 Å². The number of nitrogens with zero attached hydrogens (tertiary/aromatic N) is 2. The molecule has 4 aromatic rings. The molecule has 0 aliphatic rings. The van der Waals surface area contributed by atoms with Gasteiger partial charge in [0, 0.05) is 24.3 Å². The molecule has 24 heavy (non-hydrogen) atoms. The Kier molecular flexibility index (Phi) is 3.50. The first-order chi connectivity index (χ1) is 11.7. The van der Waals surface area contributed by atoms with Gasteiger partial charge in [-0.1, -0.05) is 23.7 Å². The number of hydrogen-bond donors (Lipinski definition) is 2. The van der Waals surface area contributed by atoms with Crippen molar-refractivity contribution >= 4 is 44.8 Å². The van der Waals surface area contributed by atoms with E-state index in [9.17, 15) is 4.79 Å². The quantitative estimate of drug-likeness (QED) is 0.548. The number of benzene rings is 1. The van der Waals surface area contributed by atoms with Crippen molar-refractivity contribution in [1.29, 1.82) is 0 Å². The Morgan fingerprint density at radius 3 is 2.96 bits per heavy atom. The summed E-state index contributed by atoms with van der Waals surface area (Å²) < 4.78 is 2.16. The molecular weight excluding hydrogens is 324 g/mol. The summed E-state index contributed by atoms with van der Waals surface area (Å²) in [5, 5.41) is 5.34. The van der Waals surface area contributed by atoms with E-state index in [2.05, 4.69) is 45.1 Å². The molecule has 1 aromatic carbocycles. The molecule has 0 atom stereocenters. The molecule has 120 valence electrons. The first-order valence-corrected chi connectivity index (χ1v) is 8.08. The SMILES string of the molecule is CCn1ccc2cccc(Nc3cc(Cl)nc4cc[nH]c(=O)c34)c21. The fraction of sp³-hybridized carbons (Fsp3) is 0.111. The number of aromatic nitrogens is 3. The minimum Gasteiger partial charge on any atom is -0.353 e. The average molecular weight is 339 g/mol. The van der Waals surface area contributed by atoms with Crippen LogP contribution in [0.3, 0.4) is 0 Å². The number of rotatable bonds is 3. The fourth-order valence-corrected chi connectivity index (χ4v) is 3.23. The van der Waals surface area contributed by atoms with Crippen LogP contribution in [0.5, 0.6) is 0 Å². The highest BCUT2D eigenvalue weighted by Gasteiger charge is 2.11. The second-order valence-corrected chi connectivity index (χ2v) is 5.92. The van der Waals surface area contributed by atoms with Crippen molar-refractivity contribution in [1.82, 2.24) is 14.5 Å². The molecule has 0 aliphatic heterocycles. The Bertz CT molecular complexity index is 1110. The highest BCUT2D eigenvalue weighted by molar-refractivity contribution is 6.30. The summed E-state index contributed by atoms with van der Waals surface area (Å²) in [4.78, 5) is 19.2. The van der Waals surface area contributed by atoms with Gasteiger partial charge in [-0.15, -0.1) is 0 Å². The second-order valence-electron chi connectivity index (χ2n) is 5.53. The van der Waals surface area contributed by atoms with E-state index in [0.717, 1.165) is 23.1 Å². The molecule has 0 radical (unpaired) electrons. The van der Waals surface area contributed by atoms with Crippen molar-refractivity contribution < 1.29 is 0 Å². The molecule has 0 aliphatic carbocycles. The lowest BCUT2D eigenvalue weighted by atomic mass is 10.2. The summed E-state index contributed by atoms with van der Waals surface area (Å²) in [6, 6.07) is 11.5. The van der Waals surface area contributed by atoms with Crippen LogP contribution in [0.2, 0.25) is 5.15 Å². The number of nitrogens with one attached hydrogen (secondary N) is 2. The Balaban J connectivity index is 1.95. The molecule has 4 rings (SSSR count). The van der Waals surface area contributed by atoms with Crippen molar-refractivity contribution in [2.24, 2.45) is 0 Å². The molecule has 0 spiro atoms. The van der Waals surface area contributed by atoms with E-state index in [4.69, 9.17) is 11.6 Å². The van der Waals surface area contributed by atoms with Gasteiger partial charge in [-0.25, -0.2) is 4.98 Å². The van der Waals surface area contributed by atoms with Crippen LogP contribution >= 0.6 is 11.6 Å². The first kappa shape index (κ1) is 14.8. The van der Waals surface area contributed by atoms with Gasteiger partial charge in [0.05, 0.1) is 27.8 Å². The molecule has 2 N–H and O–H groups in total. The number of aromatic amines is 1. The summed E-state index contributed by atoms with van der Waals surface area (Å²) in [5.74, 6) is 0. The third kappa shape index (κ3) is 2.34. The zero-order chi connectivity index (χ0) is 16.7. The number of hydrogen-bond acceptors (Lipinski definition) is 3. The minimum absolute atomic E-state index is 0.197. The van der Waals surface area contributed by atoms with Crippen LogP contribution in [0.1, 0.15) is 6.92 Å². The smallest absolute Gasteiger partial charge is 0.259 e. The summed E-state index contributed by atoms with van der Waals surface area (Å²) in [6.07, 6.45) is 3.63. The van der Waals surface area contributed by atoms with Gasteiger partial charge in [-0.3, -0.25) is 4.79 Å². The van der Waals surface area contributed by atoms with Crippen LogP contribution in [-0.4, -0.2) is 14.5 Å². The van der Waals surface area contributed by atoms with Gasteiger partial charge in [-0.05, 0) is 31.2 Å². The highest BCUT2D eigenvalue weighted by atomic mass is 35.5. The van der Waals surface area contributed by atoms with Crippen molar-refractivity contribution in [3.05, 3.63) is 64.3 Å². The van der Waals surface area contributed by atoms with E-state index < -0.39 is 0 Å². The molecule has 6 heteroatoms. The number of fused-ring (bicyclic) bond motifs is 2. The van der Waals surface area contributed by atoms with E-state index in [1.54, 1.807) is 18.3 Å². The maximum Gasteiger partial charge on any atom is 0.259 e. The zero-order valence-electron chi connectivity index (χ0n) is 13.0. The summed E-state index contributed by atoms with van der Waals surface area (Å²) >= 11 is 6.13. The molecule has 3 heterocycles. The predicted octanol–water partition coefficient (Wildman–Crippen LogP) is 4.29. The lowest BCUT2D eigenvalue weighted by Gasteiger charge is -2.12. The second kappa shape index (κ2) is 5.69. The highest BCUT2D eigenvalue weighted by Crippen LogP contribution is 2.30. The lowest BCUT2D eigenvalue weighted by Crippen LogP contribution is -2.08. The molecular formula is C18H15ClN4O. The van der Waals surface area contributed by atoms with Crippen LogP contribution in [0.25, 0.3) is 21.8 Å². The van der Waals surface area contributed by atoms with Crippen LogP contribution in [-0.2, 0) is 6.54 Å². The Hall–Kier alpha value is -2.79. The van der Waals surface area contributed by atoms with Gasteiger partial charge in [0.25, 0.3) is 5.56 Å². The number of pyridine rings is 2. The maximum absolute atomic E-state index is 12.3. The Morgan fingerprint density at radius 1 is 1.25 bits per heavy atom. The van der Waals surface area contributed by atoms with Gasteiger partial charge in [0.2, 0.25) is 0 Å². The van der Waals surface area contributed by atoms with Crippen molar-refractivity contribution in [3.63, 3.8) is 0 Å². The standard InChI is InChI=1S/C18H15ClN4O/c1-2-23-9-7-11-4-3-5-13(17(11)23)21-14-10-15(19)22-12-6-8-20-18(24)16(12)14/h3-10H,2H2,1H3,(H,20,24)(H,21,22). The minimum atomic E-state index is -0.197. The Morgan fingerprint density at radius 2 is 2.12 bits per heavy atom. The van der Waals surface area contributed by atoms with Crippen LogP contribution in [0.15, 0.2) is 53.6 Å². The van der Waals surface area contributed by atoms with Gasteiger partial charge < -0.3 is 14.9 Å². The topological polar surface area (TPSA) is 62.7 Å². The molecule has 3 aromatic heterocycles. The summed E-state index contributed by atoms with van der Waals surface area (Å²) in [7, 11) is 0. The van der Waals surface area contributed by atoms with Gasteiger partial charge >= 0.3 is 0 Å². The van der Waals surface area contributed by atoms with Gasteiger partial charge in [0.15, 0.2) is 0 Å². The maximum atomic E-state index is 12.3. The van der Waals surface area contributed by atoms with E-state index in [1.165, 1.54) is 0 Å². The third-order valence-electron chi connectivity index (χ3n) is 4.10. The molecule has 5 nitrogen and oxygen atoms in total. The number of H-pyrrole nitrogens is 1. The van der Waals surface area contributed by atoms with E-state index in [-0.39, 0.29) is 5.56 Å². The first-order valence-electron chi connectivity index (χ1n) is 7.70. The normalized spacial score (nSPS) is 11.2. The predicted molar refractivity (Wildman–Crippen MR) is 98.3 cm³/mol. The third-order valence-corrected chi connectivity index (χ3v) is 4.29. The molecule has 0 saturated heterocycles. The largest absolute Gasteiger partial charge is 0.353 e. The average Bonchev–Trinajstić information content (AvgIpc) is 2.98. The Labute approximate surface area is 142 Å². The van der Waals surface area contributed by atoms with Crippen LogP contribution in [0, 0.1) is 0 Å². The van der Waals surface area contributed by atoms with Gasteiger partial charge in [0.1, 0.15) is 5.15 Å². The van der Waals surface area contributed by atoms with Crippen molar-refractivity contribution in [2.45, 2.75) is 13.5 Å². The van der Waals surface area contributed by atoms with E-state index in [1.807, 2.05) is 12.1 Å². The molecule has 0 saturated carbocycles. The summed E-state index contributed by atoms with van der Waals surface area (Å²) in [5.41, 5.74) is 3.02.